The molecule has 0 atom stereocenters. The fourth-order valence-electron chi connectivity index (χ4n) is 3.62. The minimum atomic E-state index is 0.980. The van der Waals surface area contributed by atoms with Crippen molar-refractivity contribution in [1.82, 2.24) is 20.3 Å². The molecule has 1 aromatic carbocycles. The van der Waals surface area contributed by atoms with Gasteiger partial charge in [-0.1, -0.05) is 77.3 Å². The molecule has 1 N–H and O–H groups in total. The lowest BCUT2D eigenvalue weighted by Crippen LogP contribution is -2.28. The molecule has 0 fully saturated rings. The molecule has 0 bridgehead atoms. The van der Waals surface area contributed by atoms with Crippen LogP contribution in [0, 0.1) is 0 Å². The van der Waals surface area contributed by atoms with Crippen molar-refractivity contribution in [3.63, 3.8) is 0 Å². The Bertz CT molecular complexity index is 579. The highest BCUT2D eigenvalue weighted by Gasteiger charge is 2.09. The highest BCUT2D eigenvalue weighted by Crippen LogP contribution is 2.15. The Morgan fingerprint density at radius 2 is 1.42 bits per heavy atom. The zero-order chi connectivity index (χ0) is 18.5. The first-order valence-electron chi connectivity index (χ1n) is 10.9. The Kier molecular flexibility index (Phi) is 10.3. The van der Waals surface area contributed by atoms with Crippen molar-refractivity contribution in [3.8, 4) is 0 Å². The van der Waals surface area contributed by atoms with E-state index in [-0.39, 0.29) is 0 Å². The molecule has 0 aliphatic carbocycles. The van der Waals surface area contributed by atoms with Gasteiger partial charge in [0.15, 0.2) is 0 Å². The van der Waals surface area contributed by atoms with Crippen LogP contribution in [0.25, 0.3) is 11.0 Å². The van der Waals surface area contributed by atoms with Crippen LogP contribution in [0.4, 0.5) is 0 Å². The zero-order valence-corrected chi connectivity index (χ0v) is 17.0. The predicted molar refractivity (Wildman–Crippen MR) is 112 cm³/mol. The summed E-state index contributed by atoms with van der Waals surface area (Å²) in [5.74, 6) is 0. The van der Waals surface area contributed by atoms with E-state index in [1.165, 1.54) is 82.9 Å². The van der Waals surface area contributed by atoms with Crippen LogP contribution in [-0.2, 0) is 6.42 Å². The van der Waals surface area contributed by atoms with Crippen molar-refractivity contribution < 1.29 is 0 Å². The molecule has 0 unspecified atom stereocenters. The predicted octanol–water partition coefficient (Wildman–Crippen LogP) is 5.74. The Hall–Kier alpha value is -1.42. The summed E-state index contributed by atoms with van der Waals surface area (Å²) in [6.07, 6.45) is 14.7. The van der Waals surface area contributed by atoms with Gasteiger partial charge in [-0.25, -0.2) is 0 Å². The van der Waals surface area contributed by atoms with Crippen LogP contribution in [0.15, 0.2) is 18.2 Å². The maximum Gasteiger partial charge on any atom is 0.116 e. The topological polar surface area (TPSA) is 44.8 Å². The fraction of sp³-hybridized carbons (Fsp3) is 0.727. The molecule has 0 saturated heterocycles. The number of nitrogens with zero attached hydrogens (tertiary/aromatic N) is 3. The molecule has 0 radical (unpaired) electrons. The van der Waals surface area contributed by atoms with Gasteiger partial charge in [-0.2, -0.15) is 15.4 Å². The van der Waals surface area contributed by atoms with Crippen LogP contribution >= 0.6 is 0 Å². The first-order valence-corrected chi connectivity index (χ1v) is 10.9. The summed E-state index contributed by atoms with van der Waals surface area (Å²) in [5, 5.41) is 11.3. The molecule has 4 nitrogen and oxygen atoms in total. The molecule has 0 saturated carbocycles. The van der Waals surface area contributed by atoms with Gasteiger partial charge in [0.05, 0.1) is 0 Å². The maximum absolute atomic E-state index is 4.33. The van der Waals surface area contributed by atoms with E-state index >= 15 is 0 Å². The van der Waals surface area contributed by atoms with Gasteiger partial charge in [0.2, 0.25) is 0 Å². The monoisotopic (exact) mass is 358 g/mol. The van der Waals surface area contributed by atoms with Crippen LogP contribution in [0.5, 0.6) is 0 Å². The highest BCUT2D eigenvalue weighted by molar-refractivity contribution is 5.77. The lowest BCUT2D eigenvalue weighted by Gasteiger charge is -2.22. The Balaban J connectivity index is 1.80. The molecule has 0 amide bonds. The lowest BCUT2D eigenvalue weighted by molar-refractivity contribution is 0.263. The van der Waals surface area contributed by atoms with Gasteiger partial charge < -0.3 is 4.90 Å². The molecular weight excluding hydrogens is 320 g/mol. The summed E-state index contributed by atoms with van der Waals surface area (Å²) in [4.78, 5) is 2.68. The number of rotatable bonds is 15. The summed E-state index contributed by atoms with van der Waals surface area (Å²) < 4.78 is 0. The van der Waals surface area contributed by atoms with E-state index in [0.29, 0.717) is 0 Å². The minimum absolute atomic E-state index is 0.980. The average Bonchev–Trinajstić information content (AvgIpc) is 3.14. The quantitative estimate of drug-likeness (QED) is 0.413. The molecule has 0 aliphatic heterocycles. The summed E-state index contributed by atoms with van der Waals surface area (Å²) in [6, 6.07) is 6.33. The molecule has 2 rings (SSSR count). The largest absolute Gasteiger partial charge is 0.303 e. The molecule has 1 aromatic heterocycles. The summed E-state index contributed by atoms with van der Waals surface area (Å²) in [6.45, 7) is 8.19. The number of hydrogen-bond acceptors (Lipinski definition) is 3. The second-order valence-corrected chi connectivity index (χ2v) is 7.53. The molecule has 146 valence electrons. The van der Waals surface area contributed by atoms with Gasteiger partial charge in [-0.15, -0.1) is 0 Å². The molecule has 26 heavy (non-hydrogen) atoms. The second kappa shape index (κ2) is 12.9. The third kappa shape index (κ3) is 7.45. The van der Waals surface area contributed by atoms with Gasteiger partial charge in [0.1, 0.15) is 11.0 Å². The van der Waals surface area contributed by atoms with Crippen LogP contribution in [0.2, 0.25) is 0 Å². The third-order valence-electron chi connectivity index (χ3n) is 5.28. The Morgan fingerprint density at radius 1 is 0.769 bits per heavy atom. The minimum Gasteiger partial charge on any atom is -0.303 e. The molecule has 2 aromatic rings. The van der Waals surface area contributed by atoms with E-state index < -0.39 is 0 Å². The number of aromatic nitrogens is 3. The summed E-state index contributed by atoms with van der Waals surface area (Å²) in [5.41, 5.74) is 3.34. The summed E-state index contributed by atoms with van der Waals surface area (Å²) in [7, 11) is 0. The number of nitrogens with one attached hydrogen (secondary N) is 1. The number of para-hydroxylation sites is 1. The van der Waals surface area contributed by atoms with E-state index in [2.05, 4.69) is 46.3 Å². The number of unbranched alkanes of at least 4 members (excludes halogenated alkanes) is 8. The van der Waals surface area contributed by atoms with Gasteiger partial charge in [0, 0.05) is 6.54 Å². The second-order valence-electron chi connectivity index (χ2n) is 7.53. The third-order valence-corrected chi connectivity index (χ3v) is 5.28. The van der Waals surface area contributed by atoms with Crippen molar-refractivity contribution in [1.29, 1.82) is 0 Å². The van der Waals surface area contributed by atoms with E-state index in [1.807, 2.05) is 6.07 Å². The molecule has 0 aliphatic rings. The van der Waals surface area contributed by atoms with Gasteiger partial charge in [-0.3, -0.25) is 0 Å². The smallest absolute Gasteiger partial charge is 0.116 e. The number of benzene rings is 1. The van der Waals surface area contributed by atoms with E-state index in [1.54, 1.807) is 0 Å². The number of aromatic amines is 1. The zero-order valence-electron chi connectivity index (χ0n) is 17.0. The Labute approximate surface area is 159 Å². The van der Waals surface area contributed by atoms with Gasteiger partial charge in [-0.05, 0) is 44.0 Å². The molecular formula is C22H38N4. The number of hydrogen-bond donors (Lipinski definition) is 1. The van der Waals surface area contributed by atoms with Crippen LogP contribution < -0.4 is 0 Å². The lowest BCUT2D eigenvalue weighted by atomic mass is 10.1. The van der Waals surface area contributed by atoms with Crippen molar-refractivity contribution in [2.75, 3.05) is 19.6 Å². The maximum atomic E-state index is 4.33. The van der Waals surface area contributed by atoms with Gasteiger partial charge in [0.25, 0.3) is 0 Å². The van der Waals surface area contributed by atoms with Crippen LogP contribution in [0.3, 0.4) is 0 Å². The first-order chi connectivity index (χ1) is 12.8. The van der Waals surface area contributed by atoms with E-state index in [9.17, 15) is 0 Å². The van der Waals surface area contributed by atoms with Crippen molar-refractivity contribution in [3.05, 3.63) is 23.8 Å². The SMILES string of the molecule is CCCCCCCN(CCCCCCC)CCc1cccc2n[nH]nc12. The molecule has 1 heterocycles. The van der Waals surface area contributed by atoms with Crippen molar-refractivity contribution in [2.24, 2.45) is 0 Å². The average molecular weight is 359 g/mol. The molecule has 4 heteroatoms. The number of H-pyrrole nitrogens is 1. The van der Waals surface area contributed by atoms with Gasteiger partial charge >= 0.3 is 0 Å². The summed E-state index contributed by atoms with van der Waals surface area (Å²) >= 11 is 0. The fourth-order valence-corrected chi connectivity index (χ4v) is 3.62. The number of fused-ring (bicyclic) bond motifs is 1. The van der Waals surface area contributed by atoms with Crippen LogP contribution in [-0.4, -0.2) is 39.9 Å². The first kappa shape index (κ1) is 20.9. The van der Waals surface area contributed by atoms with Crippen molar-refractivity contribution >= 4 is 11.0 Å². The van der Waals surface area contributed by atoms with Crippen LogP contribution in [0.1, 0.15) is 83.6 Å². The molecule has 0 spiro atoms. The normalized spacial score (nSPS) is 11.7. The standard InChI is InChI=1S/C22H38N4/c1-3-5-7-9-11-17-26(18-12-10-8-6-4-2)19-16-20-14-13-15-21-22(20)24-25-23-21/h13-15H,3-12,16-19H2,1-2H3,(H,23,24,25). The highest BCUT2D eigenvalue weighted by atomic mass is 15.3. The van der Waals surface area contributed by atoms with E-state index in [4.69, 9.17) is 0 Å². The van der Waals surface area contributed by atoms with E-state index in [0.717, 1.165) is 24.0 Å². The van der Waals surface area contributed by atoms with Crippen molar-refractivity contribution in [2.45, 2.75) is 84.5 Å². The Morgan fingerprint density at radius 3 is 2.08 bits per heavy atom.